The second-order valence-electron chi connectivity index (χ2n) is 4.12. The van der Waals surface area contributed by atoms with Crippen LogP contribution in [0.15, 0.2) is 12.3 Å². The maximum Gasteiger partial charge on any atom is 0.160 e. The average Bonchev–Trinajstić information content (AvgIpc) is 2.67. The Morgan fingerprint density at radius 3 is 2.94 bits per heavy atom. The van der Waals surface area contributed by atoms with Crippen LogP contribution in [-0.4, -0.2) is 33.6 Å². The fourth-order valence-corrected chi connectivity index (χ4v) is 2.15. The minimum absolute atomic E-state index is 0.0916. The maximum absolute atomic E-state index is 5.93. The van der Waals surface area contributed by atoms with Gasteiger partial charge in [-0.25, -0.2) is 9.97 Å². The van der Waals surface area contributed by atoms with Crippen molar-refractivity contribution in [2.75, 3.05) is 13.0 Å². The summed E-state index contributed by atoms with van der Waals surface area (Å²) in [6, 6.07) is 1.82. The van der Waals surface area contributed by atoms with Crippen molar-refractivity contribution in [3.63, 3.8) is 0 Å². The molecule has 1 atom stereocenters. The second-order valence-corrected chi connectivity index (χ2v) is 4.93. The topological polar surface area (TPSA) is 39.9 Å². The van der Waals surface area contributed by atoms with Gasteiger partial charge in [0.05, 0.1) is 17.7 Å². The zero-order valence-corrected chi connectivity index (χ0v) is 11.9. The first kappa shape index (κ1) is 13.6. The summed E-state index contributed by atoms with van der Waals surface area (Å²) in [5, 5.41) is 0.587. The number of imidazole rings is 1. The summed E-state index contributed by atoms with van der Waals surface area (Å²) in [6.45, 7) is 2.71. The van der Waals surface area contributed by atoms with Crippen molar-refractivity contribution in [3.05, 3.63) is 23.1 Å². The third kappa shape index (κ3) is 2.76. The molecular formula is C12H15Cl2N3O. The molecule has 0 aliphatic heterocycles. The molecule has 2 aromatic heterocycles. The second kappa shape index (κ2) is 5.87. The lowest BCUT2D eigenvalue weighted by Gasteiger charge is -2.13. The third-order valence-electron chi connectivity index (χ3n) is 2.79. The van der Waals surface area contributed by atoms with E-state index in [0.717, 1.165) is 17.0 Å². The molecule has 0 aliphatic carbocycles. The molecule has 0 N–H and O–H groups in total. The summed E-state index contributed by atoms with van der Waals surface area (Å²) in [5.41, 5.74) is 1.62. The van der Waals surface area contributed by atoms with Crippen molar-refractivity contribution in [2.24, 2.45) is 0 Å². The third-order valence-corrected chi connectivity index (χ3v) is 3.19. The number of pyridine rings is 1. The van der Waals surface area contributed by atoms with Crippen LogP contribution in [0, 0.1) is 0 Å². The summed E-state index contributed by atoms with van der Waals surface area (Å²) in [6.07, 6.45) is 2.42. The van der Waals surface area contributed by atoms with Gasteiger partial charge in [0.1, 0.15) is 11.3 Å². The lowest BCUT2D eigenvalue weighted by Crippen LogP contribution is -2.17. The van der Waals surface area contributed by atoms with Crippen molar-refractivity contribution >= 4 is 34.4 Å². The number of halogens is 2. The van der Waals surface area contributed by atoms with Gasteiger partial charge in [-0.05, 0) is 13.0 Å². The van der Waals surface area contributed by atoms with Crippen LogP contribution in [0.25, 0.3) is 11.2 Å². The van der Waals surface area contributed by atoms with Crippen LogP contribution in [0.5, 0.6) is 0 Å². The van der Waals surface area contributed by atoms with Crippen molar-refractivity contribution in [1.29, 1.82) is 0 Å². The highest BCUT2D eigenvalue weighted by molar-refractivity contribution is 6.31. The van der Waals surface area contributed by atoms with E-state index < -0.39 is 0 Å². The van der Waals surface area contributed by atoms with Gasteiger partial charge in [0.15, 0.2) is 5.65 Å². The van der Waals surface area contributed by atoms with Gasteiger partial charge in [0, 0.05) is 25.6 Å². The number of fused-ring (bicyclic) bond motifs is 1. The standard InChI is InChI=1S/C12H15Cl2N3O/c1-8(18-2)7-17-11(3-4-13)16-10-5-9(14)6-15-12(10)17/h5-6,8H,3-4,7H2,1-2H3. The van der Waals surface area contributed by atoms with Crippen LogP contribution in [0.3, 0.4) is 0 Å². The molecule has 0 aliphatic rings. The predicted molar refractivity (Wildman–Crippen MR) is 73.4 cm³/mol. The van der Waals surface area contributed by atoms with Crippen molar-refractivity contribution < 1.29 is 4.74 Å². The predicted octanol–water partition coefficient (Wildman–Crippen LogP) is 2.90. The SMILES string of the molecule is COC(C)Cn1c(CCCl)nc2cc(Cl)cnc21. The fourth-order valence-electron chi connectivity index (χ4n) is 1.83. The number of rotatable bonds is 5. The summed E-state index contributed by atoms with van der Waals surface area (Å²) >= 11 is 11.7. The van der Waals surface area contributed by atoms with Gasteiger partial charge in [-0.1, -0.05) is 11.6 Å². The van der Waals surface area contributed by atoms with Gasteiger partial charge >= 0.3 is 0 Å². The van der Waals surface area contributed by atoms with Gasteiger partial charge < -0.3 is 9.30 Å². The van der Waals surface area contributed by atoms with Crippen molar-refractivity contribution in [3.8, 4) is 0 Å². The quantitative estimate of drug-likeness (QED) is 0.794. The zero-order valence-electron chi connectivity index (χ0n) is 10.4. The number of alkyl halides is 1. The Bertz CT molecular complexity index is 541. The molecule has 6 heteroatoms. The smallest absolute Gasteiger partial charge is 0.160 e. The first-order valence-electron chi connectivity index (χ1n) is 5.75. The normalized spacial score (nSPS) is 13.1. The zero-order chi connectivity index (χ0) is 13.1. The van der Waals surface area contributed by atoms with Crippen LogP contribution in [0.1, 0.15) is 12.7 Å². The number of aromatic nitrogens is 3. The van der Waals surface area contributed by atoms with Gasteiger partial charge in [-0.3, -0.25) is 0 Å². The molecule has 2 rings (SSSR count). The highest BCUT2D eigenvalue weighted by atomic mass is 35.5. The summed E-state index contributed by atoms with van der Waals surface area (Å²) in [4.78, 5) is 8.87. The molecule has 0 aromatic carbocycles. The van der Waals surface area contributed by atoms with E-state index in [1.807, 2.05) is 17.6 Å². The molecular weight excluding hydrogens is 273 g/mol. The number of aryl methyl sites for hydroxylation is 1. The summed E-state index contributed by atoms with van der Waals surface area (Å²) in [7, 11) is 1.69. The average molecular weight is 288 g/mol. The summed E-state index contributed by atoms with van der Waals surface area (Å²) < 4.78 is 7.34. The molecule has 1 unspecified atom stereocenters. The van der Waals surface area contributed by atoms with E-state index in [0.29, 0.717) is 23.9 Å². The highest BCUT2D eigenvalue weighted by Crippen LogP contribution is 2.19. The Morgan fingerprint density at radius 2 is 2.28 bits per heavy atom. The number of hydrogen-bond donors (Lipinski definition) is 0. The molecule has 18 heavy (non-hydrogen) atoms. The molecule has 2 aromatic rings. The van der Waals surface area contributed by atoms with Crippen LogP contribution in [0.4, 0.5) is 0 Å². The fraction of sp³-hybridized carbons (Fsp3) is 0.500. The molecule has 0 amide bonds. The van der Waals surface area contributed by atoms with E-state index in [1.165, 1.54) is 0 Å². The van der Waals surface area contributed by atoms with E-state index in [1.54, 1.807) is 13.3 Å². The van der Waals surface area contributed by atoms with Gasteiger partial charge in [0.25, 0.3) is 0 Å². The van der Waals surface area contributed by atoms with Crippen molar-refractivity contribution in [2.45, 2.75) is 26.0 Å². The number of methoxy groups -OCH3 is 1. The minimum Gasteiger partial charge on any atom is -0.380 e. The Labute approximate surface area is 116 Å². The Morgan fingerprint density at radius 1 is 1.50 bits per heavy atom. The largest absolute Gasteiger partial charge is 0.380 e. The van der Waals surface area contributed by atoms with Crippen LogP contribution >= 0.6 is 23.2 Å². The number of ether oxygens (including phenoxy) is 1. The molecule has 0 bridgehead atoms. The van der Waals surface area contributed by atoms with E-state index in [9.17, 15) is 0 Å². The first-order valence-corrected chi connectivity index (χ1v) is 6.66. The Kier molecular flexibility index (Phi) is 4.43. The molecule has 2 heterocycles. The van der Waals surface area contributed by atoms with E-state index in [-0.39, 0.29) is 6.10 Å². The Hall–Kier alpha value is -0.840. The molecule has 0 saturated heterocycles. The molecule has 0 radical (unpaired) electrons. The molecule has 0 spiro atoms. The van der Waals surface area contributed by atoms with Gasteiger partial charge in [0.2, 0.25) is 0 Å². The monoisotopic (exact) mass is 287 g/mol. The van der Waals surface area contributed by atoms with Crippen LogP contribution in [0.2, 0.25) is 5.02 Å². The van der Waals surface area contributed by atoms with Crippen LogP contribution < -0.4 is 0 Å². The van der Waals surface area contributed by atoms with Gasteiger partial charge in [-0.15, -0.1) is 11.6 Å². The lowest BCUT2D eigenvalue weighted by molar-refractivity contribution is 0.103. The number of nitrogens with zero attached hydrogens (tertiary/aromatic N) is 3. The minimum atomic E-state index is 0.0916. The van der Waals surface area contributed by atoms with E-state index in [4.69, 9.17) is 27.9 Å². The van der Waals surface area contributed by atoms with E-state index in [2.05, 4.69) is 9.97 Å². The molecule has 4 nitrogen and oxygen atoms in total. The molecule has 0 saturated carbocycles. The van der Waals surface area contributed by atoms with E-state index >= 15 is 0 Å². The van der Waals surface area contributed by atoms with Gasteiger partial charge in [-0.2, -0.15) is 0 Å². The first-order chi connectivity index (χ1) is 8.65. The summed E-state index contributed by atoms with van der Waals surface area (Å²) in [5.74, 6) is 1.44. The van der Waals surface area contributed by atoms with Crippen LogP contribution in [-0.2, 0) is 17.7 Å². The molecule has 0 fully saturated rings. The Balaban J connectivity index is 2.48. The van der Waals surface area contributed by atoms with Crippen molar-refractivity contribution in [1.82, 2.24) is 14.5 Å². The molecule has 98 valence electrons. The maximum atomic E-state index is 5.93. The number of hydrogen-bond acceptors (Lipinski definition) is 3. The highest BCUT2D eigenvalue weighted by Gasteiger charge is 2.14. The lowest BCUT2D eigenvalue weighted by atomic mass is 10.3.